The van der Waals surface area contributed by atoms with Gasteiger partial charge in [-0.1, -0.05) is 129 Å². The van der Waals surface area contributed by atoms with Gasteiger partial charge in [0.15, 0.2) is 5.58 Å². The van der Waals surface area contributed by atoms with Crippen molar-refractivity contribution in [2.24, 2.45) is 0 Å². The smallest absolute Gasteiger partial charge is 0.333 e. The molecule has 70 heavy (non-hydrogen) atoms. The summed E-state index contributed by atoms with van der Waals surface area (Å²) in [5.74, 6) is 0.638. The number of rotatable bonds is 2. The molecule has 0 unspecified atom stereocenters. The van der Waals surface area contributed by atoms with Crippen molar-refractivity contribution in [3.63, 3.8) is 0 Å². The van der Waals surface area contributed by atoms with E-state index in [1.165, 1.54) is 127 Å². The van der Waals surface area contributed by atoms with Crippen molar-refractivity contribution in [1.82, 2.24) is 9.55 Å². The number of hydrogen-bond donors (Lipinski definition) is 0. The summed E-state index contributed by atoms with van der Waals surface area (Å²) >= 11 is 1.89. The lowest BCUT2D eigenvalue weighted by molar-refractivity contribution is 0.331. The van der Waals surface area contributed by atoms with Gasteiger partial charge in [-0.25, -0.2) is 4.98 Å². The molecule has 0 saturated heterocycles. The second-order valence-corrected chi connectivity index (χ2v) is 24.9. The van der Waals surface area contributed by atoms with Crippen molar-refractivity contribution < 1.29 is 4.42 Å². The number of anilines is 2. The molecular formula is C64H54BN3OS. The molecule has 15 rings (SSSR count). The minimum Gasteiger partial charge on any atom is -0.436 e. The van der Waals surface area contributed by atoms with E-state index in [-0.39, 0.29) is 28.5 Å². The van der Waals surface area contributed by atoms with Crippen LogP contribution in [0.1, 0.15) is 103 Å². The predicted molar refractivity (Wildman–Crippen MR) is 297 cm³/mol. The molecule has 11 aromatic rings. The summed E-state index contributed by atoms with van der Waals surface area (Å²) in [6.07, 6.45) is 2.39. The Morgan fingerprint density at radius 1 is 0.586 bits per heavy atom. The Bertz CT molecular complexity index is 4140. The molecule has 8 aromatic carbocycles. The highest BCUT2D eigenvalue weighted by Gasteiger charge is 2.48. The Labute approximate surface area is 413 Å². The molecule has 0 bridgehead atoms. The summed E-state index contributed by atoms with van der Waals surface area (Å²) in [6, 6.07) is 53.6. The molecule has 2 aliphatic heterocycles. The molecule has 0 amide bonds. The number of benzene rings is 8. The largest absolute Gasteiger partial charge is 0.436 e. The van der Waals surface area contributed by atoms with E-state index in [4.69, 9.17) is 9.40 Å². The molecule has 4 aliphatic rings. The lowest BCUT2D eigenvalue weighted by atomic mass is 9.44. The third kappa shape index (κ3) is 5.30. The Morgan fingerprint density at radius 2 is 1.29 bits per heavy atom. The van der Waals surface area contributed by atoms with Crippen LogP contribution in [0.5, 0.6) is 0 Å². The number of oxazole rings is 1. The fourth-order valence-corrected chi connectivity index (χ4v) is 14.5. The standard InChI is InChI=1S/C64H54BN3OS/c1-61(2,3)36-19-21-37(22-20-36)68-53-29-42-41-27-48-49(63(6,7)26-25-62(48,4)5)32-47(41)64(8,9)46(42)28-43(53)39-23-24-40-44-31-57-45(38-17-13-14-18-56(38)70-57)30-52(44)67-54-34-55-51(33-50(54)65(68)58(39)59(40)67)66-60(69-55)35-15-11-10-12-16-35/h10-24,27-34H,25-26H2,1-9H3. The third-order valence-electron chi connectivity index (χ3n) is 17.4. The Morgan fingerprint density at radius 3 is 2.06 bits per heavy atom. The van der Waals surface area contributed by atoms with E-state index < -0.39 is 0 Å². The zero-order chi connectivity index (χ0) is 47.5. The summed E-state index contributed by atoms with van der Waals surface area (Å²) in [4.78, 5) is 7.95. The molecule has 0 fully saturated rings. The van der Waals surface area contributed by atoms with Crippen molar-refractivity contribution in [2.45, 2.75) is 96.8 Å². The van der Waals surface area contributed by atoms with Crippen molar-refractivity contribution in [1.29, 1.82) is 0 Å². The fourth-order valence-electron chi connectivity index (χ4n) is 13.4. The van der Waals surface area contributed by atoms with Crippen molar-refractivity contribution in [3.8, 4) is 39.4 Å². The quantitative estimate of drug-likeness (QED) is 0.162. The van der Waals surface area contributed by atoms with E-state index in [0.717, 1.165) is 22.4 Å². The van der Waals surface area contributed by atoms with E-state index in [2.05, 4.69) is 205 Å². The van der Waals surface area contributed by atoms with Crippen LogP contribution < -0.4 is 15.7 Å². The first kappa shape index (κ1) is 40.9. The van der Waals surface area contributed by atoms with Crippen molar-refractivity contribution in [3.05, 3.63) is 167 Å². The molecule has 0 spiro atoms. The molecule has 0 radical (unpaired) electrons. The number of hydrogen-bond acceptors (Lipinski definition) is 4. The average Bonchev–Trinajstić information content (AvgIpc) is 4.09. The third-order valence-corrected chi connectivity index (χ3v) is 18.6. The van der Waals surface area contributed by atoms with Gasteiger partial charge >= 0.3 is 6.85 Å². The molecule has 3 aromatic heterocycles. The van der Waals surface area contributed by atoms with Gasteiger partial charge in [0.25, 0.3) is 0 Å². The highest BCUT2D eigenvalue weighted by atomic mass is 32.1. The van der Waals surface area contributed by atoms with Gasteiger partial charge in [-0.15, -0.1) is 11.3 Å². The lowest BCUT2D eigenvalue weighted by Crippen LogP contribution is -2.60. The highest BCUT2D eigenvalue weighted by molar-refractivity contribution is 7.25. The summed E-state index contributed by atoms with van der Waals surface area (Å²) in [5, 5.41) is 5.16. The highest BCUT2D eigenvalue weighted by Crippen LogP contribution is 2.58. The van der Waals surface area contributed by atoms with Gasteiger partial charge in [-0.05, 0) is 151 Å². The fraction of sp³-hybridized carbons (Fsp3) is 0.234. The number of nitrogens with zero attached hydrogens (tertiary/aromatic N) is 3. The van der Waals surface area contributed by atoms with Crippen LogP contribution in [0.3, 0.4) is 0 Å². The molecule has 5 heterocycles. The van der Waals surface area contributed by atoms with Crippen LogP contribution in [0.25, 0.3) is 92.5 Å². The van der Waals surface area contributed by atoms with E-state index in [9.17, 15) is 0 Å². The van der Waals surface area contributed by atoms with E-state index in [1.807, 2.05) is 17.4 Å². The molecule has 0 N–H and O–H groups in total. The molecule has 2 aliphatic carbocycles. The molecular weight excluding hydrogens is 870 g/mol. The zero-order valence-electron chi connectivity index (χ0n) is 41.4. The SMILES string of the molecule is CC(C)(C)c1ccc(N2B3c4cc5nc(-c6ccccc6)oc5cc4-n4c5cc6c(cc5c5ccc(c3c54)-c3cc4c(cc32)-c2cc3c(cc2C4(C)C)C(C)(C)CCC3(C)C)sc2ccccc26)cc1. The number of thiophene rings is 1. The maximum atomic E-state index is 6.76. The monoisotopic (exact) mass is 923 g/mol. The van der Waals surface area contributed by atoms with Crippen molar-refractivity contribution in [2.75, 3.05) is 4.81 Å². The minimum absolute atomic E-state index is 0.0151. The van der Waals surface area contributed by atoms with Gasteiger partial charge in [0, 0.05) is 70.6 Å². The molecule has 0 saturated carbocycles. The van der Waals surface area contributed by atoms with Crippen LogP contribution in [0, 0.1) is 0 Å². The van der Waals surface area contributed by atoms with Crippen LogP contribution >= 0.6 is 11.3 Å². The Kier molecular flexibility index (Phi) is 7.78. The van der Waals surface area contributed by atoms with Crippen LogP contribution in [0.2, 0.25) is 0 Å². The van der Waals surface area contributed by atoms with Gasteiger partial charge in [0.2, 0.25) is 5.89 Å². The second kappa shape index (κ2) is 13.3. The molecule has 340 valence electrons. The van der Waals surface area contributed by atoms with Crippen LogP contribution in [-0.2, 0) is 21.7 Å². The average molecular weight is 924 g/mol. The summed E-state index contributed by atoms with van der Waals surface area (Å²) in [7, 11) is 0. The van der Waals surface area contributed by atoms with E-state index in [0.29, 0.717) is 5.89 Å². The Hall–Kier alpha value is -6.89. The van der Waals surface area contributed by atoms with Crippen LogP contribution in [-0.4, -0.2) is 16.4 Å². The summed E-state index contributed by atoms with van der Waals surface area (Å²) < 4.78 is 12.0. The first-order valence-electron chi connectivity index (χ1n) is 25.3. The minimum atomic E-state index is -0.186. The topological polar surface area (TPSA) is 34.2 Å². The van der Waals surface area contributed by atoms with E-state index in [1.54, 1.807) is 0 Å². The second-order valence-electron chi connectivity index (χ2n) is 23.8. The molecule has 4 nitrogen and oxygen atoms in total. The summed E-state index contributed by atoms with van der Waals surface area (Å²) in [5.41, 5.74) is 23.9. The van der Waals surface area contributed by atoms with Crippen LogP contribution in [0.4, 0.5) is 11.4 Å². The normalized spacial score (nSPS) is 16.8. The molecule has 0 atom stereocenters. The maximum absolute atomic E-state index is 6.76. The van der Waals surface area contributed by atoms with Crippen molar-refractivity contribution >= 4 is 93.6 Å². The number of aromatic nitrogens is 2. The van der Waals surface area contributed by atoms with E-state index >= 15 is 0 Å². The van der Waals surface area contributed by atoms with Gasteiger partial charge < -0.3 is 13.8 Å². The van der Waals surface area contributed by atoms with Gasteiger partial charge in [0.1, 0.15) is 5.52 Å². The zero-order valence-corrected chi connectivity index (χ0v) is 42.2. The molecule has 6 heteroatoms. The van der Waals surface area contributed by atoms with Gasteiger partial charge in [-0.3, -0.25) is 0 Å². The lowest BCUT2D eigenvalue weighted by Gasteiger charge is -2.42. The maximum Gasteiger partial charge on any atom is 0.333 e. The first-order chi connectivity index (χ1) is 33.5. The first-order valence-corrected chi connectivity index (χ1v) is 26.1. The Balaban J connectivity index is 1.07. The summed E-state index contributed by atoms with van der Waals surface area (Å²) in [6.45, 7) is 21.6. The van der Waals surface area contributed by atoms with Crippen LogP contribution in [0.15, 0.2) is 144 Å². The predicted octanol–water partition coefficient (Wildman–Crippen LogP) is 16.2. The van der Waals surface area contributed by atoms with Gasteiger partial charge in [0.05, 0.1) is 11.0 Å². The van der Waals surface area contributed by atoms with Gasteiger partial charge in [-0.2, -0.15) is 0 Å². The number of fused-ring (bicyclic) bond motifs is 16.